The first-order valence-electron chi connectivity index (χ1n) is 8.80. The van der Waals surface area contributed by atoms with Crippen molar-refractivity contribution in [2.75, 3.05) is 6.54 Å². The number of aryl methyl sites for hydroxylation is 1. The first-order valence-corrected chi connectivity index (χ1v) is 8.80. The quantitative estimate of drug-likeness (QED) is 0.525. The summed E-state index contributed by atoms with van der Waals surface area (Å²) in [6, 6.07) is 3.88. The smallest absolute Gasteiger partial charge is 0.338 e. The molecule has 0 unspecified atom stereocenters. The van der Waals surface area contributed by atoms with Gasteiger partial charge in [0.2, 0.25) is 0 Å². The largest absolute Gasteiger partial charge is 0.457 e. The van der Waals surface area contributed by atoms with Crippen LogP contribution in [0.1, 0.15) is 38.4 Å². The van der Waals surface area contributed by atoms with E-state index < -0.39 is 0 Å². The highest BCUT2D eigenvalue weighted by Gasteiger charge is 2.23. The number of cyclic esters (lactones) is 1. The topological polar surface area (TPSA) is 94.8 Å². The van der Waals surface area contributed by atoms with E-state index in [0.717, 1.165) is 29.7 Å². The molecule has 1 aliphatic heterocycles. The van der Waals surface area contributed by atoms with Crippen LogP contribution in [-0.2, 0) is 24.3 Å². The zero-order valence-corrected chi connectivity index (χ0v) is 15.3. The number of carbonyl (C=O) groups excluding carboxylic acids is 1. The molecule has 3 heterocycles. The van der Waals surface area contributed by atoms with Gasteiger partial charge in [-0.3, -0.25) is 0 Å². The Bertz CT molecular complexity index is 980. The zero-order chi connectivity index (χ0) is 18.8. The summed E-state index contributed by atoms with van der Waals surface area (Å²) in [5.41, 5.74) is 5.10. The number of carbonyl (C=O) groups is 1. The van der Waals surface area contributed by atoms with Crippen molar-refractivity contribution >= 4 is 5.97 Å². The molecule has 4 rings (SSSR count). The number of nitrogens with zero attached hydrogens (tertiary/aromatic N) is 5. The number of aromatic nitrogens is 5. The molecule has 0 aliphatic carbocycles. The molecule has 8 nitrogen and oxygen atoms in total. The van der Waals surface area contributed by atoms with Gasteiger partial charge in [0.25, 0.3) is 5.95 Å². The van der Waals surface area contributed by atoms with Gasteiger partial charge in [0.05, 0.1) is 5.56 Å². The van der Waals surface area contributed by atoms with Gasteiger partial charge in [-0.15, -0.1) is 5.10 Å². The maximum Gasteiger partial charge on any atom is 0.338 e. The lowest BCUT2D eigenvalue weighted by Gasteiger charge is -2.10. The van der Waals surface area contributed by atoms with Crippen LogP contribution < -0.4 is 5.32 Å². The van der Waals surface area contributed by atoms with Crippen molar-refractivity contribution in [3.63, 3.8) is 0 Å². The SMILES string of the molecule is Cc1ncn(-c2ncc(CNCCc3ccc4c(c3C)COC4=O)cn2)n1. The van der Waals surface area contributed by atoms with Crippen LogP contribution in [-0.4, -0.2) is 37.2 Å². The summed E-state index contributed by atoms with van der Waals surface area (Å²) < 4.78 is 6.66. The fourth-order valence-corrected chi connectivity index (χ4v) is 3.12. The molecule has 0 amide bonds. The van der Waals surface area contributed by atoms with Crippen LogP contribution in [0.3, 0.4) is 0 Å². The molecule has 0 radical (unpaired) electrons. The summed E-state index contributed by atoms with van der Waals surface area (Å²) in [5, 5.41) is 7.60. The van der Waals surface area contributed by atoms with E-state index in [2.05, 4.69) is 32.3 Å². The minimum absolute atomic E-state index is 0.220. The standard InChI is InChI=1S/C19H20N6O2/c1-12-15(3-4-16-17(12)10-27-18(16)26)5-6-20-7-14-8-21-19(22-9-14)25-11-23-13(2)24-25/h3-4,8-9,11,20H,5-7,10H2,1-2H3. The molecule has 0 fully saturated rings. The number of ether oxygens (including phenoxy) is 1. The number of hydrogen-bond acceptors (Lipinski definition) is 7. The first kappa shape index (κ1) is 17.3. The zero-order valence-electron chi connectivity index (χ0n) is 15.3. The second-order valence-corrected chi connectivity index (χ2v) is 6.51. The highest BCUT2D eigenvalue weighted by molar-refractivity contribution is 5.93. The van der Waals surface area contributed by atoms with Crippen molar-refractivity contribution in [1.29, 1.82) is 0 Å². The number of rotatable bonds is 6. The van der Waals surface area contributed by atoms with Crippen molar-refractivity contribution in [3.05, 3.63) is 64.5 Å². The Morgan fingerprint density at radius 2 is 2.00 bits per heavy atom. The molecule has 2 aromatic heterocycles. The van der Waals surface area contributed by atoms with Gasteiger partial charge in [-0.2, -0.15) is 4.68 Å². The van der Waals surface area contributed by atoms with Gasteiger partial charge in [0.15, 0.2) is 0 Å². The maximum atomic E-state index is 11.6. The van der Waals surface area contributed by atoms with Crippen LogP contribution in [0, 0.1) is 13.8 Å². The number of nitrogens with one attached hydrogen (secondary N) is 1. The Kier molecular flexibility index (Phi) is 4.64. The second-order valence-electron chi connectivity index (χ2n) is 6.51. The molecule has 138 valence electrons. The average molecular weight is 364 g/mol. The molecule has 0 atom stereocenters. The van der Waals surface area contributed by atoms with Crippen LogP contribution in [0.2, 0.25) is 0 Å². The van der Waals surface area contributed by atoms with Gasteiger partial charge in [0, 0.05) is 30.1 Å². The van der Waals surface area contributed by atoms with E-state index >= 15 is 0 Å². The van der Waals surface area contributed by atoms with Gasteiger partial charge in [-0.05, 0) is 44.0 Å². The summed E-state index contributed by atoms with van der Waals surface area (Å²) >= 11 is 0. The average Bonchev–Trinajstić information content (AvgIpc) is 3.27. The first-order chi connectivity index (χ1) is 13.1. The molecule has 1 aromatic carbocycles. The predicted molar refractivity (Wildman–Crippen MR) is 97.4 cm³/mol. The predicted octanol–water partition coefficient (Wildman–Crippen LogP) is 1.68. The van der Waals surface area contributed by atoms with Crippen molar-refractivity contribution in [1.82, 2.24) is 30.0 Å². The molecule has 3 aromatic rings. The molecule has 0 saturated heterocycles. The van der Waals surface area contributed by atoms with E-state index in [4.69, 9.17) is 4.74 Å². The van der Waals surface area contributed by atoms with Gasteiger partial charge in [-0.1, -0.05) is 6.07 Å². The van der Waals surface area contributed by atoms with Gasteiger partial charge < -0.3 is 10.1 Å². The third kappa shape index (κ3) is 3.56. The molecular formula is C19H20N6O2. The lowest BCUT2D eigenvalue weighted by molar-refractivity contribution is 0.0535. The summed E-state index contributed by atoms with van der Waals surface area (Å²) in [5.74, 6) is 0.967. The fourth-order valence-electron chi connectivity index (χ4n) is 3.12. The molecular weight excluding hydrogens is 344 g/mol. The van der Waals surface area contributed by atoms with Gasteiger partial charge in [-0.25, -0.2) is 19.7 Å². The third-order valence-electron chi connectivity index (χ3n) is 4.68. The van der Waals surface area contributed by atoms with Crippen molar-refractivity contribution in [2.24, 2.45) is 0 Å². The molecule has 0 saturated carbocycles. The number of hydrogen-bond donors (Lipinski definition) is 1. The summed E-state index contributed by atoms with van der Waals surface area (Å²) in [4.78, 5) is 24.3. The lowest BCUT2D eigenvalue weighted by Crippen LogP contribution is -2.18. The van der Waals surface area contributed by atoms with Crippen LogP contribution in [0.15, 0.2) is 30.9 Å². The van der Waals surface area contributed by atoms with Crippen LogP contribution in [0.25, 0.3) is 5.95 Å². The minimum Gasteiger partial charge on any atom is -0.457 e. The monoisotopic (exact) mass is 364 g/mol. The van der Waals surface area contributed by atoms with Crippen molar-refractivity contribution in [2.45, 2.75) is 33.4 Å². The number of esters is 1. The molecule has 0 spiro atoms. The Balaban J connectivity index is 1.31. The third-order valence-corrected chi connectivity index (χ3v) is 4.68. The van der Waals surface area contributed by atoms with Crippen LogP contribution >= 0.6 is 0 Å². The van der Waals surface area contributed by atoms with Crippen molar-refractivity contribution < 1.29 is 9.53 Å². The van der Waals surface area contributed by atoms with E-state index in [1.165, 1.54) is 5.56 Å². The van der Waals surface area contributed by atoms with E-state index in [1.54, 1.807) is 23.4 Å². The van der Waals surface area contributed by atoms with E-state index in [0.29, 0.717) is 30.5 Å². The highest BCUT2D eigenvalue weighted by atomic mass is 16.5. The van der Waals surface area contributed by atoms with E-state index in [1.807, 2.05) is 19.1 Å². The molecule has 1 aliphatic rings. The van der Waals surface area contributed by atoms with Gasteiger partial charge in [0.1, 0.15) is 18.8 Å². The Labute approximate surface area is 156 Å². The Morgan fingerprint density at radius 3 is 2.74 bits per heavy atom. The molecule has 0 bridgehead atoms. The number of benzene rings is 1. The van der Waals surface area contributed by atoms with Gasteiger partial charge >= 0.3 is 5.97 Å². The fraction of sp³-hybridized carbons (Fsp3) is 0.316. The van der Waals surface area contributed by atoms with E-state index in [9.17, 15) is 4.79 Å². The Hall–Kier alpha value is -3.13. The summed E-state index contributed by atoms with van der Waals surface area (Å²) in [7, 11) is 0. The molecule has 27 heavy (non-hydrogen) atoms. The summed E-state index contributed by atoms with van der Waals surface area (Å²) in [6.07, 6.45) is 6.05. The second kappa shape index (κ2) is 7.24. The van der Waals surface area contributed by atoms with Crippen LogP contribution in [0.4, 0.5) is 0 Å². The van der Waals surface area contributed by atoms with Crippen molar-refractivity contribution in [3.8, 4) is 5.95 Å². The maximum absolute atomic E-state index is 11.6. The molecule has 8 heteroatoms. The van der Waals surface area contributed by atoms with Crippen LogP contribution in [0.5, 0.6) is 0 Å². The minimum atomic E-state index is -0.220. The highest BCUT2D eigenvalue weighted by Crippen LogP contribution is 2.25. The Morgan fingerprint density at radius 1 is 1.19 bits per heavy atom. The lowest BCUT2D eigenvalue weighted by atomic mass is 9.97. The summed E-state index contributed by atoms with van der Waals surface area (Å²) in [6.45, 7) is 5.76. The van der Waals surface area contributed by atoms with E-state index in [-0.39, 0.29) is 5.97 Å². The number of fused-ring (bicyclic) bond motifs is 1. The normalized spacial score (nSPS) is 12.9. The molecule has 1 N–H and O–H groups in total.